The number of aliphatic hydroxyl groups is 1. The molecule has 1 saturated heterocycles. The van der Waals surface area contributed by atoms with Gasteiger partial charge in [-0.15, -0.1) is 11.3 Å². The molecule has 2 rings (SSSR count). The van der Waals surface area contributed by atoms with E-state index in [0.29, 0.717) is 12.5 Å². The van der Waals surface area contributed by atoms with Crippen molar-refractivity contribution in [3.05, 3.63) is 21.3 Å². The first-order chi connectivity index (χ1) is 8.11. The molecule has 0 bridgehead atoms. The summed E-state index contributed by atoms with van der Waals surface area (Å²) in [7, 11) is 0. The average molecular weight is 275 g/mol. The summed E-state index contributed by atoms with van der Waals surface area (Å²) >= 11 is 7.57. The van der Waals surface area contributed by atoms with Gasteiger partial charge in [0.1, 0.15) is 0 Å². The molecule has 5 heteroatoms. The van der Waals surface area contributed by atoms with Crippen LogP contribution in [0, 0.1) is 5.92 Å². The second-order valence-corrected chi connectivity index (χ2v) is 6.47. The van der Waals surface area contributed by atoms with Crippen LogP contribution in [0.4, 0.5) is 0 Å². The highest BCUT2D eigenvalue weighted by Gasteiger charge is 2.29. The molecular weight excluding hydrogens is 256 g/mol. The first-order valence-corrected chi connectivity index (χ1v) is 7.18. The zero-order valence-electron chi connectivity index (χ0n) is 9.97. The van der Waals surface area contributed by atoms with Crippen LogP contribution < -0.4 is 5.73 Å². The van der Waals surface area contributed by atoms with E-state index in [0.717, 1.165) is 23.8 Å². The van der Waals surface area contributed by atoms with Crippen molar-refractivity contribution in [3.63, 3.8) is 0 Å². The molecule has 0 saturated carbocycles. The van der Waals surface area contributed by atoms with Crippen molar-refractivity contribution in [2.24, 2.45) is 11.7 Å². The lowest BCUT2D eigenvalue weighted by Gasteiger charge is -2.38. The van der Waals surface area contributed by atoms with Crippen molar-refractivity contribution >= 4 is 22.9 Å². The summed E-state index contributed by atoms with van der Waals surface area (Å²) in [5.74, 6) is 0.313. The Balaban J connectivity index is 2.08. The first-order valence-electron chi connectivity index (χ1n) is 5.99. The lowest BCUT2D eigenvalue weighted by molar-refractivity contribution is 0.0187. The fraction of sp³-hybridized carbons (Fsp3) is 0.667. The Morgan fingerprint density at radius 1 is 1.65 bits per heavy atom. The standard InChI is InChI=1S/C12H19ClN2OS/c1-8-7-15(5-4-10(8)16)9(6-14)11-2-3-12(13)17-11/h2-3,8-10,16H,4-7,14H2,1H3. The summed E-state index contributed by atoms with van der Waals surface area (Å²) in [5, 5.41) is 9.75. The fourth-order valence-electron chi connectivity index (χ4n) is 2.40. The second kappa shape index (κ2) is 5.67. The third-order valence-corrected chi connectivity index (χ3v) is 4.81. The number of aliphatic hydroxyl groups excluding tert-OH is 1. The van der Waals surface area contributed by atoms with Crippen LogP contribution in [0.3, 0.4) is 0 Å². The van der Waals surface area contributed by atoms with Crippen molar-refractivity contribution in [1.29, 1.82) is 0 Å². The zero-order valence-corrected chi connectivity index (χ0v) is 11.5. The summed E-state index contributed by atoms with van der Waals surface area (Å²) in [6, 6.07) is 4.22. The normalized spacial score (nSPS) is 28.2. The van der Waals surface area contributed by atoms with Gasteiger partial charge in [-0.3, -0.25) is 4.90 Å². The highest BCUT2D eigenvalue weighted by molar-refractivity contribution is 7.16. The van der Waals surface area contributed by atoms with Crippen molar-refractivity contribution in [2.45, 2.75) is 25.5 Å². The minimum absolute atomic E-state index is 0.170. The molecule has 3 atom stereocenters. The number of hydrogen-bond acceptors (Lipinski definition) is 4. The van der Waals surface area contributed by atoms with Gasteiger partial charge in [-0.2, -0.15) is 0 Å². The predicted molar refractivity (Wildman–Crippen MR) is 72.5 cm³/mol. The third-order valence-electron chi connectivity index (χ3n) is 3.48. The van der Waals surface area contributed by atoms with Gasteiger partial charge in [-0.25, -0.2) is 0 Å². The molecule has 17 heavy (non-hydrogen) atoms. The van der Waals surface area contributed by atoms with Crippen LogP contribution in [-0.2, 0) is 0 Å². The number of halogens is 1. The maximum Gasteiger partial charge on any atom is 0.0931 e. The van der Waals surface area contributed by atoms with E-state index in [1.165, 1.54) is 4.88 Å². The zero-order chi connectivity index (χ0) is 12.4. The molecule has 0 spiro atoms. The molecule has 0 amide bonds. The number of thiophene rings is 1. The van der Waals surface area contributed by atoms with Crippen LogP contribution in [0.1, 0.15) is 24.3 Å². The topological polar surface area (TPSA) is 49.5 Å². The molecule has 1 aromatic rings. The fourth-order valence-corrected chi connectivity index (χ4v) is 3.61. The maximum atomic E-state index is 9.75. The average Bonchev–Trinajstić information content (AvgIpc) is 2.71. The molecular formula is C12H19ClN2OS. The van der Waals surface area contributed by atoms with Crippen LogP contribution in [0.2, 0.25) is 4.34 Å². The number of nitrogens with two attached hydrogens (primary N) is 1. The Bertz CT molecular complexity index is 371. The molecule has 2 heterocycles. The van der Waals surface area contributed by atoms with Gasteiger partial charge >= 0.3 is 0 Å². The van der Waals surface area contributed by atoms with Gasteiger partial charge in [0, 0.05) is 24.5 Å². The summed E-state index contributed by atoms with van der Waals surface area (Å²) in [6.07, 6.45) is 0.660. The van der Waals surface area contributed by atoms with Gasteiger partial charge in [0.15, 0.2) is 0 Å². The van der Waals surface area contributed by atoms with E-state index in [-0.39, 0.29) is 12.1 Å². The van der Waals surface area contributed by atoms with Crippen LogP contribution in [0.15, 0.2) is 12.1 Å². The minimum atomic E-state index is -0.170. The van der Waals surface area contributed by atoms with E-state index in [4.69, 9.17) is 17.3 Å². The smallest absolute Gasteiger partial charge is 0.0931 e. The number of hydrogen-bond donors (Lipinski definition) is 2. The number of rotatable bonds is 3. The van der Waals surface area contributed by atoms with Crippen molar-refractivity contribution < 1.29 is 5.11 Å². The number of piperidine rings is 1. The van der Waals surface area contributed by atoms with Gasteiger partial charge in [0.05, 0.1) is 16.5 Å². The van der Waals surface area contributed by atoms with Gasteiger partial charge < -0.3 is 10.8 Å². The second-order valence-electron chi connectivity index (χ2n) is 4.72. The van der Waals surface area contributed by atoms with E-state index in [1.54, 1.807) is 11.3 Å². The van der Waals surface area contributed by atoms with E-state index >= 15 is 0 Å². The van der Waals surface area contributed by atoms with E-state index in [9.17, 15) is 5.11 Å². The molecule has 3 N–H and O–H groups in total. The quantitative estimate of drug-likeness (QED) is 0.888. The maximum absolute atomic E-state index is 9.75. The van der Waals surface area contributed by atoms with Crippen molar-refractivity contribution in [3.8, 4) is 0 Å². The molecule has 0 aliphatic carbocycles. The van der Waals surface area contributed by atoms with Crippen molar-refractivity contribution in [2.75, 3.05) is 19.6 Å². The van der Waals surface area contributed by atoms with Crippen LogP contribution in [-0.4, -0.2) is 35.7 Å². The largest absolute Gasteiger partial charge is 0.393 e. The molecule has 1 aromatic heterocycles. The van der Waals surface area contributed by atoms with Crippen LogP contribution >= 0.6 is 22.9 Å². The molecule has 1 aliphatic heterocycles. The molecule has 1 aliphatic rings. The summed E-state index contributed by atoms with van der Waals surface area (Å²) in [5.41, 5.74) is 5.88. The van der Waals surface area contributed by atoms with Gasteiger partial charge in [0.2, 0.25) is 0 Å². The summed E-state index contributed by atoms with van der Waals surface area (Å²) < 4.78 is 0.809. The summed E-state index contributed by atoms with van der Waals surface area (Å²) in [4.78, 5) is 3.58. The molecule has 3 unspecified atom stereocenters. The monoisotopic (exact) mass is 274 g/mol. The van der Waals surface area contributed by atoms with Crippen molar-refractivity contribution in [1.82, 2.24) is 4.90 Å². The Morgan fingerprint density at radius 3 is 2.94 bits per heavy atom. The molecule has 96 valence electrons. The van der Waals surface area contributed by atoms with E-state index < -0.39 is 0 Å². The highest BCUT2D eigenvalue weighted by atomic mass is 35.5. The first kappa shape index (κ1) is 13.3. The molecule has 3 nitrogen and oxygen atoms in total. The third kappa shape index (κ3) is 3.01. The van der Waals surface area contributed by atoms with Gasteiger partial charge in [0.25, 0.3) is 0 Å². The Morgan fingerprint density at radius 2 is 2.41 bits per heavy atom. The van der Waals surface area contributed by atoms with Crippen LogP contribution in [0.25, 0.3) is 0 Å². The highest BCUT2D eigenvalue weighted by Crippen LogP contribution is 2.32. The Hall–Kier alpha value is -0.130. The Kier molecular flexibility index (Phi) is 4.44. The molecule has 0 radical (unpaired) electrons. The number of nitrogens with zero attached hydrogens (tertiary/aromatic N) is 1. The van der Waals surface area contributed by atoms with E-state index in [1.807, 2.05) is 6.07 Å². The number of likely N-dealkylation sites (tertiary alicyclic amines) is 1. The predicted octanol–water partition coefficient (Wildman–Crippen LogP) is 2.10. The Labute approximate surface area is 111 Å². The lowest BCUT2D eigenvalue weighted by Crippen LogP contribution is -2.45. The SMILES string of the molecule is CC1CN(C(CN)c2ccc(Cl)s2)CCC1O. The lowest BCUT2D eigenvalue weighted by atomic mass is 9.95. The summed E-state index contributed by atoms with van der Waals surface area (Å²) in [6.45, 7) is 4.49. The molecule has 0 aromatic carbocycles. The molecule has 1 fully saturated rings. The van der Waals surface area contributed by atoms with Gasteiger partial charge in [-0.1, -0.05) is 18.5 Å². The minimum Gasteiger partial charge on any atom is -0.393 e. The van der Waals surface area contributed by atoms with Gasteiger partial charge in [-0.05, 0) is 24.5 Å². The van der Waals surface area contributed by atoms with E-state index in [2.05, 4.69) is 17.9 Å². The van der Waals surface area contributed by atoms with Crippen LogP contribution in [0.5, 0.6) is 0 Å².